The predicted molar refractivity (Wildman–Crippen MR) is 270 cm³/mol. The second-order valence-corrected chi connectivity index (χ2v) is 20.5. The smallest absolute Gasteiger partial charge is 0.179 e. The highest BCUT2D eigenvalue weighted by molar-refractivity contribution is 7.20. The molecule has 2 nitrogen and oxygen atoms in total. The highest BCUT2D eigenvalue weighted by Crippen LogP contribution is 2.43. The summed E-state index contributed by atoms with van der Waals surface area (Å²) in [6, 6.07) is 87.6. The number of hydrogen-bond acceptors (Lipinski definition) is 1. The Morgan fingerprint density at radius 3 is 1.57 bits per heavy atom. The van der Waals surface area contributed by atoms with Gasteiger partial charge in [0.05, 0.1) is 11.0 Å². The molecule has 2 heterocycles. The zero-order valence-corrected chi connectivity index (χ0v) is 35.4. The van der Waals surface area contributed by atoms with E-state index in [1.165, 1.54) is 74.9 Å². The topological polar surface area (TPSA) is 18.1 Å². The van der Waals surface area contributed by atoms with Gasteiger partial charge in [-0.1, -0.05) is 206 Å². The van der Waals surface area contributed by atoms with Gasteiger partial charge in [0, 0.05) is 38.2 Å². The monoisotopic (exact) mass is 817 g/mol. The van der Waals surface area contributed by atoms with Crippen molar-refractivity contribution in [2.45, 2.75) is 0 Å². The standard InChI is InChI=1S/C60H39NOSi/c1-3-20-42(21-4-1)63(43-22-5-2-6-23-43,44-24-15-18-40(38-44)46-32-17-33-53-50-29-12-14-35-57(50)62-60(46)53)45-25-16-19-41(39-45)61-55-34-13-11-31-54(55)59-56(61)37-36-52-49-28-8-7-26-47(49)48-27-9-10-30-51(48)58(52)59/h1-39H. The minimum absolute atomic E-state index is 0.907. The molecule has 0 saturated heterocycles. The summed E-state index contributed by atoms with van der Waals surface area (Å²) < 4.78 is 9.13. The summed E-state index contributed by atoms with van der Waals surface area (Å²) >= 11 is 0. The van der Waals surface area contributed by atoms with Crippen LogP contribution in [0.2, 0.25) is 0 Å². The van der Waals surface area contributed by atoms with Crippen LogP contribution in [0.3, 0.4) is 0 Å². The van der Waals surface area contributed by atoms with Crippen LogP contribution in [-0.2, 0) is 0 Å². The zero-order valence-electron chi connectivity index (χ0n) is 34.4. The van der Waals surface area contributed by atoms with Gasteiger partial charge in [0.1, 0.15) is 11.2 Å². The van der Waals surface area contributed by atoms with Gasteiger partial charge in [-0.05, 0) is 83.6 Å². The normalized spacial score (nSPS) is 12.1. The fourth-order valence-electron chi connectivity index (χ4n) is 10.9. The van der Waals surface area contributed by atoms with Gasteiger partial charge >= 0.3 is 0 Å². The van der Waals surface area contributed by atoms with Crippen LogP contribution in [0.15, 0.2) is 241 Å². The Labute approximate surface area is 365 Å². The van der Waals surface area contributed by atoms with E-state index < -0.39 is 8.07 Å². The molecule has 13 aromatic rings. The molecule has 63 heavy (non-hydrogen) atoms. The fraction of sp³-hybridized carbons (Fsp3) is 0. The van der Waals surface area contributed by atoms with Crippen LogP contribution in [0.4, 0.5) is 0 Å². The number of rotatable bonds is 6. The first-order valence-electron chi connectivity index (χ1n) is 21.8. The van der Waals surface area contributed by atoms with Crippen molar-refractivity contribution in [2.75, 3.05) is 0 Å². The molecule has 0 amide bonds. The van der Waals surface area contributed by atoms with E-state index in [9.17, 15) is 0 Å². The van der Waals surface area contributed by atoms with Crippen LogP contribution >= 0.6 is 0 Å². The molecule has 13 rings (SSSR count). The summed E-state index contributed by atoms with van der Waals surface area (Å²) in [6.45, 7) is 0. The Morgan fingerprint density at radius 2 is 0.841 bits per heavy atom. The molecule has 0 spiro atoms. The maximum Gasteiger partial charge on any atom is 0.179 e. The lowest BCUT2D eigenvalue weighted by Gasteiger charge is -2.35. The molecule has 0 bridgehead atoms. The molecule has 0 radical (unpaired) electrons. The second-order valence-electron chi connectivity index (χ2n) is 16.7. The van der Waals surface area contributed by atoms with E-state index in [2.05, 4.69) is 235 Å². The summed E-state index contributed by atoms with van der Waals surface area (Å²) in [7, 11) is -3.00. The predicted octanol–water partition coefficient (Wildman–Crippen LogP) is 13.2. The summed E-state index contributed by atoms with van der Waals surface area (Å²) in [6.07, 6.45) is 0. The molecule has 0 aliphatic heterocycles. The van der Waals surface area contributed by atoms with Crippen LogP contribution in [0.5, 0.6) is 0 Å². The van der Waals surface area contributed by atoms with Gasteiger partial charge in [-0.25, -0.2) is 0 Å². The Hall–Kier alpha value is -7.98. The third-order valence-corrected chi connectivity index (χ3v) is 18.3. The van der Waals surface area contributed by atoms with E-state index in [1.54, 1.807) is 0 Å². The second kappa shape index (κ2) is 14.0. The maximum atomic E-state index is 6.62. The summed E-state index contributed by atoms with van der Waals surface area (Å²) in [5.74, 6) is 0. The van der Waals surface area contributed by atoms with Crippen LogP contribution in [0.25, 0.3) is 92.9 Å². The lowest BCUT2D eigenvalue weighted by Crippen LogP contribution is -2.74. The lowest BCUT2D eigenvalue weighted by atomic mass is 9.92. The van der Waals surface area contributed by atoms with Crippen LogP contribution < -0.4 is 20.7 Å². The largest absolute Gasteiger partial charge is 0.455 e. The van der Waals surface area contributed by atoms with Gasteiger partial charge < -0.3 is 8.98 Å². The zero-order chi connectivity index (χ0) is 41.5. The highest BCUT2D eigenvalue weighted by Gasteiger charge is 2.42. The third kappa shape index (κ3) is 5.24. The quantitative estimate of drug-likeness (QED) is 0.0929. The Kier molecular flexibility index (Phi) is 7.96. The maximum absolute atomic E-state index is 6.62. The van der Waals surface area contributed by atoms with Gasteiger partial charge in [0.2, 0.25) is 0 Å². The first-order chi connectivity index (χ1) is 31.3. The average molecular weight is 818 g/mol. The van der Waals surface area contributed by atoms with Crippen molar-refractivity contribution in [1.29, 1.82) is 0 Å². The van der Waals surface area contributed by atoms with Crippen molar-refractivity contribution in [3.8, 4) is 16.8 Å². The van der Waals surface area contributed by atoms with Crippen molar-refractivity contribution in [3.05, 3.63) is 237 Å². The number of nitrogens with zero attached hydrogens (tertiary/aromatic N) is 1. The number of hydrogen-bond donors (Lipinski definition) is 0. The van der Waals surface area contributed by atoms with E-state index in [4.69, 9.17) is 4.42 Å². The molecule has 0 saturated carbocycles. The van der Waals surface area contributed by atoms with Gasteiger partial charge in [-0.3, -0.25) is 0 Å². The van der Waals surface area contributed by atoms with Gasteiger partial charge in [-0.2, -0.15) is 0 Å². The first kappa shape index (κ1) is 35.7. The Bertz CT molecular complexity index is 3840. The molecule has 2 aromatic heterocycles. The Balaban J connectivity index is 1.10. The molecule has 0 unspecified atom stereocenters. The average Bonchev–Trinajstić information content (AvgIpc) is 3.91. The first-order valence-corrected chi connectivity index (χ1v) is 23.8. The van der Waals surface area contributed by atoms with E-state index in [0.29, 0.717) is 0 Å². The lowest BCUT2D eigenvalue weighted by molar-refractivity contribution is 0.670. The number of fused-ring (bicyclic) bond motifs is 13. The molecule has 0 aliphatic carbocycles. The van der Waals surface area contributed by atoms with Crippen molar-refractivity contribution >= 4 is 105 Å². The van der Waals surface area contributed by atoms with Crippen molar-refractivity contribution in [1.82, 2.24) is 4.57 Å². The molecule has 0 N–H and O–H groups in total. The van der Waals surface area contributed by atoms with Crippen molar-refractivity contribution in [2.24, 2.45) is 0 Å². The Morgan fingerprint density at radius 1 is 0.317 bits per heavy atom. The molecule has 3 heteroatoms. The third-order valence-electron chi connectivity index (χ3n) is 13.5. The summed E-state index contributed by atoms with van der Waals surface area (Å²) in [5, 5.41) is 17.8. The van der Waals surface area contributed by atoms with E-state index in [1.807, 2.05) is 6.07 Å². The highest BCUT2D eigenvalue weighted by atomic mass is 28.3. The number of furan rings is 1. The van der Waals surface area contributed by atoms with Crippen LogP contribution in [-0.4, -0.2) is 12.6 Å². The molecule has 11 aromatic carbocycles. The van der Waals surface area contributed by atoms with E-state index in [0.717, 1.165) is 38.8 Å². The SMILES string of the molecule is c1ccc([Si](c2ccccc2)(c2cccc(-c3cccc4c3oc3ccccc34)c2)c2cccc(-n3c4ccccc4c4c5c6ccccc6c6ccccc6c5ccc43)c2)cc1. The minimum atomic E-state index is -3.00. The molecule has 0 atom stereocenters. The minimum Gasteiger partial charge on any atom is -0.455 e. The molecular weight excluding hydrogens is 779 g/mol. The van der Waals surface area contributed by atoms with Gasteiger partial charge in [-0.15, -0.1) is 0 Å². The van der Waals surface area contributed by atoms with Crippen LogP contribution in [0, 0.1) is 0 Å². The summed E-state index contributed by atoms with van der Waals surface area (Å²) in [5.41, 5.74) is 7.62. The molecule has 0 aliphatic rings. The van der Waals surface area contributed by atoms with Gasteiger partial charge in [0.15, 0.2) is 8.07 Å². The van der Waals surface area contributed by atoms with E-state index in [-0.39, 0.29) is 0 Å². The molecular formula is C60H39NOSi. The number of aromatic nitrogens is 1. The summed E-state index contributed by atoms with van der Waals surface area (Å²) in [4.78, 5) is 0. The number of para-hydroxylation sites is 3. The van der Waals surface area contributed by atoms with E-state index >= 15 is 0 Å². The number of benzene rings is 11. The van der Waals surface area contributed by atoms with Crippen LogP contribution in [0.1, 0.15) is 0 Å². The van der Waals surface area contributed by atoms with Crippen molar-refractivity contribution < 1.29 is 4.42 Å². The molecule has 294 valence electrons. The van der Waals surface area contributed by atoms with Crippen molar-refractivity contribution in [3.63, 3.8) is 0 Å². The van der Waals surface area contributed by atoms with Gasteiger partial charge in [0.25, 0.3) is 0 Å². The molecule has 0 fully saturated rings. The fourth-order valence-corrected chi connectivity index (χ4v) is 15.7.